The zero-order chi connectivity index (χ0) is 17.1. The standard InChI is InChI=1S/C22H28N2O/c25-22(23-13-4-1-5-14-23)17-24-15-7-11-20(24)16-19-10-6-9-18-8-2-3-12-21(18)19/h2-3,6,8-10,12,20H,1,4-5,7,11,13-17H2. The SMILES string of the molecule is O=C(CN1CCCC1Cc1cccc2ccccc12)N1CCCCC1. The largest absolute Gasteiger partial charge is 0.342 e. The summed E-state index contributed by atoms with van der Waals surface area (Å²) in [6.45, 7) is 3.59. The number of carbonyl (C=O) groups is 1. The third kappa shape index (κ3) is 3.72. The Labute approximate surface area is 150 Å². The van der Waals surface area contributed by atoms with E-state index in [0.29, 0.717) is 18.5 Å². The highest BCUT2D eigenvalue weighted by molar-refractivity contribution is 5.85. The van der Waals surface area contributed by atoms with Crippen molar-refractivity contribution in [3.63, 3.8) is 0 Å². The first-order valence-corrected chi connectivity index (χ1v) is 9.80. The van der Waals surface area contributed by atoms with E-state index in [4.69, 9.17) is 0 Å². The van der Waals surface area contributed by atoms with Crippen LogP contribution in [0.3, 0.4) is 0 Å². The van der Waals surface area contributed by atoms with E-state index in [1.165, 1.54) is 48.4 Å². The van der Waals surface area contributed by atoms with Gasteiger partial charge >= 0.3 is 0 Å². The highest BCUT2D eigenvalue weighted by Gasteiger charge is 2.28. The molecule has 4 rings (SSSR count). The molecule has 2 aliphatic rings. The Balaban J connectivity index is 1.45. The number of carbonyl (C=O) groups excluding carboxylic acids is 1. The summed E-state index contributed by atoms with van der Waals surface area (Å²) in [5.41, 5.74) is 1.42. The van der Waals surface area contributed by atoms with Gasteiger partial charge < -0.3 is 4.90 Å². The van der Waals surface area contributed by atoms with Gasteiger partial charge in [-0.2, -0.15) is 0 Å². The second-order valence-electron chi connectivity index (χ2n) is 7.55. The molecule has 3 heteroatoms. The van der Waals surface area contributed by atoms with Crippen molar-refractivity contribution in [3.8, 4) is 0 Å². The third-order valence-corrected chi connectivity index (χ3v) is 5.88. The summed E-state index contributed by atoms with van der Waals surface area (Å²) in [5, 5.41) is 2.67. The van der Waals surface area contributed by atoms with Crippen molar-refractivity contribution in [1.29, 1.82) is 0 Å². The third-order valence-electron chi connectivity index (χ3n) is 5.88. The van der Waals surface area contributed by atoms with E-state index < -0.39 is 0 Å². The highest BCUT2D eigenvalue weighted by Crippen LogP contribution is 2.26. The number of amides is 1. The molecule has 2 fully saturated rings. The van der Waals surface area contributed by atoms with E-state index in [1.807, 2.05) is 0 Å². The molecule has 0 bridgehead atoms. The summed E-state index contributed by atoms with van der Waals surface area (Å²) < 4.78 is 0. The zero-order valence-corrected chi connectivity index (χ0v) is 15.0. The minimum atomic E-state index is 0.338. The maximum absolute atomic E-state index is 12.6. The molecule has 2 aliphatic heterocycles. The smallest absolute Gasteiger partial charge is 0.236 e. The van der Waals surface area contributed by atoms with E-state index >= 15 is 0 Å². The molecule has 1 amide bonds. The van der Waals surface area contributed by atoms with Gasteiger partial charge in [0.15, 0.2) is 0 Å². The van der Waals surface area contributed by atoms with Gasteiger partial charge in [0.25, 0.3) is 0 Å². The summed E-state index contributed by atoms with van der Waals surface area (Å²) in [4.78, 5) is 17.2. The lowest BCUT2D eigenvalue weighted by atomic mass is 9.97. The molecule has 1 atom stereocenters. The molecule has 132 valence electrons. The fourth-order valence-corrected chi connectivity index (χ4v) is 4.48. The molecule has 2 saturated heterocycles. The molecule has 0 aliphatic carbocycles. The van der Waals surface area contributed by atoms with Crippen molar-refractivity contribution in [2.45, 2.75) is 44.6 Å². The van der Waals surface area contributed by atoms with Crippen molar-refractivity contribution in [1.82, 2.24) is 9.80 Å². The summed E-state index contributed by atoms with van der Waals surface area (Å²) in [6, 6.07) is 15.7. The maximum atomic E-state index is 12.6. The molecule has 25 heavy (non-hydrogen) atoms. The van der Waals surface area contributed by atoms with Crippen molar-refractivity contribution in [2.75, 3.05) is 26.2 Å². The Morgan fingerprint density at radius 2 is 1.72 bits per heavy atom. The average molecular weight is 336 g/mol. The van der Waals surface area contributed by atoms with Crippen molar-refractivity contribution in [2.24, 2.45) is 0 Å². The number of hydrogen-bond donors (Lipinski definition) is 0. The number of piperidine rings is 1. The molecule has 1 unspecified atom stereocenters. The first-order chi connectivity index (χ1) is 12.3. The van der Waals surface area contributed by atoms with Crippen LogP contribution < -0.4 is 0 Å². The Hall–Kier alpha value is -1.87. The summed E-state index contributed by atoms with van der Waals surface area (Å²) >= 11 is 0. The lowest BCUT2D eigenvalue weighted by Gasteiger charge is -2.31. The predicted molar refractivity (Wildman–Crippen MR) is 103 cm³/mol. The van der Waals surface area contributed by atoms with E-state index in [2.05, 4.69) is 52.3 Å². The average Bonchev–Trinajstić information content (AvgIpc) is 3.09. The lowest BCUT2D eigenvalue weighted by Crippen LogP contribution is -2.44. The van der Waals surface area contributed by atoms with Gasteiger partial charge in [-0.3, -0.25) is 9.69 Å². The molecule has 2 aromatic rings. The lowest BCUT2D eigenvalue weighted by molar-refractivity contribution is -0.133. The number of nitrogens with zero attached hydrogens (tertiary/aromatic N) is 2. The monoisotopic (exact) mass is 336 g/mol. The van der Waals surface area contributed by atoms with E-state index in [-0.39, 0.29) is 0 Å². The fourth-order valence-electron chi connectivity index (χ4n) is 4.48. The molecule has 2 heterocycles. The normalized spacial score (nSPS) is 21.8. The predicted octanol–water partition coefficient (Wildman–Crippen LogP) is 3.86. The van der Waals surface area contributed by atoms with Crippen LogP contribution in [0.4, 0.5) is 0 Å². The van der Waals surface area contributed by atoms with E-state index in [0.717, 1.165) is 26.1 Å². The summed E-state index contributed by atoms with van der Waals surface area (Å²) in [5.74, 6) is 0.338. The Kier molecular flexibility index (Phi) is 5.02. The van der Waals surface area contributed by atoms with Gasteiger partial charge in [0.2, 0.25) is 5.91 Å². The van der Waals surface area contributed by atoms with Crippen molar-refractivity contribution in [3.05, 3.63) is 48.0 Å². The van der Waals surface area contributed by atoms with Crippen LogP contribution in [0.15, 0.2) is 42.5 Å². The molecular formula is C22H28N2O. The van der Waals surface area contributed by atoms with Crippen molar-refractivity contribution < 1.29 is 4.79 Å². The molecule has 0 radical (unpaired) electrons. The van der Waals surface area contributed by atoms with Gasteiger partial charge in [0.05, 0.1) is 6.54 Å². The van der Waals surface area contributed by atoms with Gasteiger partial charge in [-0.25, -0.2) is 0 Å². The van der Waals surface area contributed by atoms with Crippen LogP contribution in [0, 0.1) is 0 Å². The number of likely N-dealkylation sites (tertiary alicyclic amines) is 2. The molecule has 0 spiro atoms. The van der Waals surface area contributed by atoms with Crippen LogP contribution in [0.5, 0.6) is 0 Å². The minimum absolute atomic E-state index is 0.338. The highest BCUT2D eigenvalue weighted by atomic mass is 16.2. The van der Waals surface area contributed by atoms with Crippen LogP contribution in [-0.4, -0.2) is 47.9 Å². The summed E-state index contributed by atoms with van der Waals surface area (Å²) in [7, 11) is 0. The van der Waals surface area contributed by atoms with Crippen LogP contribution in [0.2, 0.25) is 0 Å². The first kappa shape index (κ1) is 16.6. The summed E-state index contributed by atoms with van der Waals surface area (Å²) in [6.07, 6.45) is 7.08. The molecular weight excluding hydrogens is 308 g/mol. The van der Waals surface area contributed by atoms with Gasteiger partial charge in [-0.05, 0) is 61.4 Å². The molecule has 0 N–H and O–H groups in total. The second-order valence-corrected chi connectivity index (χ2v) is 7.55. The van der Waals surface area contributed by atoms with E-state index in [1.54, 1.807) is 0 Å². The maximum Gasteiger partial charge on any atom is 0.236 e. The van der Waals surface area contributed by atoms with Gasteiger partial charge in [-0.1, -0.05) is 42.5 Å². The first-order valence-electron chi connectivity index (χ1n) is 9.80. The van der Waals surface area contributed by atoms with Gasteiger partial charge in [-0.15, -0.1) is 0 Å². The van der Waals surface area contributed by atoms with Crippen LogP contribution >= 0.6 is 0 Å². The Morgan fingerprint density at radius 3 is 2.60 bits per heavy atom. The topological polar surface area (TPSA) is 23.6 Å². The number of hydrogen-bond acceptors (Lipinski definition) is 2. The molecule has 0 saturated carbocycles. The van der Waals surface area contributed by atoms with Crippen molar-refractivity contribution >= 4 is 16.7 Å². The van der Waals surface area contributed by atoms with E-state index in [9.17, 15) is 4.79 Å². The molecule has 2 aromatic carbocycles. The Morgan fingerprint density at radius 1 is 0.920 bits per heavy atom. The van der Waals surface area contributed by atoms with Gasteiger partial charge in [0, 0.05) is 19.1 Å². The number of fused-ring (bicyclic) bond motifs is 1. The fraction of sp³-hybridized carbons (Fsp3) is 0.500. The van der Waals surface area contributed by atoms with Crippen LogP contribution in [-0.2, 0) is 11.2 Å². The second kappa shape index (κ2) is 7.57. The number of rotatable bonds is 4. The quantitative estimate of drug-likeness (QED) is 0.846. The molecule has 0 aromatic heterocycles. The Bertz CT molecular complexity index is 730. The minimum Gasteiger partial charge on any atom is -0.342 e. The van der Waals surface area contributed by atoms with Gasteiger partial charge in [0.1, 0.15) is 0 Å². The van der Waals surface area contributed by atoms with Crippen LogP contribution in [0.1, 0.15) is 37.7 Å². The van der Waals surface area contributed by atoms with Crippen LogP contribution in [0.25, 0.3) is 10.8 Å². The zero-order valence-electron chi connectivity index (χ0n) is 15.0. The molecule has 3 nitrogen and oxygen atoms in total. The number of benzene rings is 2.